The van der Waals surface area contributed by atoms with Gasteiger partial charge in [-0.25, -0.2) is 0 Å². The Balaban J connectivity index is 1.90. The summed E-state index contributed by atoms with van der Waals surface area (Å²) in [5, 5.41) is 0. The highest BCUT2D eigenvalue weighted by Gasteiger charge is 2.10. The Kier molecular flexibility index (Phi) is 8.10. The normalized spacial score (nSPS) is 11.6. The molecule has 0 heterocycles. The predicted molar refractivity (Wildman–Crippen MR) is 111 cm³/mol. The molecule has 27 heavy (non-hydrogen) atoms. The van der Waals surface area contributed by atoms with E-state index in [9.17, 15) is 4.79 Å². The first-order valence-corrected chi connectivity index (χ1v) is 9.46. The molecule has 0 aliphatic rings. The van der Waals surface area contributed by atoms with Gasteiger partial charge in [0.05, 0.1) is 13.2 Å². The van der Waals surface area contributed by atoms with Crippen LogP contribution in [0, 0.1) is 17.8 Å². The van der Waals surface area contributed by atoms with Crippen LogP contribution in [0.4, 0.5) is 0 Å². The summed E-state index contributed by atoms with van der Waals surface area (Å²) in [7, 11) is 3.85. The number of ketones is 1. The molecule has 0 aliphatic heterocycles. The van der Waals surface area contributed by atoms with E-state index < -0.39 is 0 Å². The summed E-state index contributed by atoms with van der Waals surface area (Å²) in [6.07, 6.45) is 1.53. The number of likely N-dealkylation sites (N-methyl/N-ethyl adjacent to an activating group) is 1. The maximum absolute atomic E-state index is 11.9. The summed E-state index contributed by atoms with van der Waals surface area (Å²) < 4.78 is 5.44. The number of carbonyl (C=O) groups excluding carboxylic acids is 1. The van der Waals surface area contributed by atoms with Gasteiger partial charge in [-0.3, -0.25) is 4.79 Å². The Bertz CT molecular complexity index is 780. The Morgan fingerprint density at radius 1 is 1.00 bits per heavy atom. The SMILES string of the molecule is CCOc1ccc(C#Cc2ccc(CC(C)CC(=O)CN(C)C)cc2)cc1. The minimum absolute atomic E-state index is 0.297. The summed E-state index contributed by atoms with van der Waals surface area (Å²) in [5.74, 6) is 7.88. The van der Waals surface area contributed by atoms with Gasteiger partial charge in [-0.15, -0.1) is 0 Å². The number of benzene rings is 2. The van der Waals surface area contributed by atoms with Crippen molar-refractivity contribution in [2.45, 2.75) is 26.7 Å². The molecule has 3 heteroatoms. The van der Waals surface area contributed by atoms with Gasteiger partial charge in [0.25, 0.3) is 0 Å². The average molecular weight is 364 g/mol. The smallest absolute Gasteiger partial charge is 0.147 e. The van der Waals surface area contributed by atoms with Crippen LogP contribution in [0.2, 0.25) is 0 Å². The number of carbonyl (C=O) groups is 1. The maximum Gasteiger partial charge on any atom is 0.147 e. The van der Waals surface area contributed by atoms with Crippen LogP contribution in [0.15, 0.2) is 48.5 Å². The third kappa shape index (κ3) is 7.68. The molecule has 0 amide bonds. The highest BCUT2D eigenvalue weighted by molar-refractivity contribution is 5.80. The number of ether oxygens (including phenoxy) is 1. The van der Waals surface area contributed by atoms with Gasteiger partial charge in [0.2, 0.25) is 0 Å². The first-order valence-electron chi connectivity index (χ1n) is 9.46. The molecular formula is C24H29NO2. The highest BCUT2D eigenvalue weighted by Crippen LogP contribution is 2.14. The molecule has 0 fully saturated rings. The lowest BCUT2D eigenvalue weighted by Crippen LogP contribution is -2.23. The monoisotopic (exact) mass is 363 g/mol. The lowest BCUT2D eigenvalue weighted by molar-refractivity contribution is -0.120. The standard InChI is InChI=1S/C24H29NO2/c1-5-27-24-14-12-21(13-15-24)7-6-20-8-10-22(11-9-20)16-19(2)17-23(26)18-25(3)4/h8-15,19H,5,16-18H2,1-4H3. The third-order valence-corrected chi connectivity index (χ3v) is 4.12. The molecule has 1 unspecified atom stereocenters. The Hall–Kier alpha value is -2.57. The van der Waals surface area contributed by atoms with Crippen molar-refractivity contribution in [2.24, 2.45) is 5.92 Å². The molecule has 2 aromatic carbocycles. The van der Waals surface area contributed by atoms with E-state index in [0.717, 1.165) is 23.3 Å². The zero-order chi connectivity index (χ0) is 19.6. The Morgan fingerprint density at radius 2 is 1.56 bits per heavy atom. The molecule has 142 valence electrons. The van der Waals surface area contributed by atoms with E-state index in [4.69, 9.17) is 4.74 Å². The molecule has 0 spiro atoms. The van der Waals surface area contributed by atoms with Crippen molar-refractivity contribution in [3.05, 3.63) is 65.2 Å². The van der Waals surface area contributed by atoms with Crippen LogP contribution in [0.3, 0.4) is 0 Å². The molecule has 0 N–H and O–H groups in total. The number of Topliss-reactive ketones (excluding diaryl/α,β-unsaturated/α-hetero) is 1. The summed E-state index contributed by atoms with van der Waals surface area (Å²) in [4.78, 5) is 13.8. The summed E-state index contributed by atoms with van der Waals surface area (Å²) in [6, 6.07) is 16.1. The second-order valence-corrected chi connectivity index (χ2v) is 7.19. The van der Waals surface area contributed by atoms with E-state index in [-0.39, 0.29) is 0 Å². The van der Waals surface area contributed by atoms with E-state index in [2.05, 4.69) is 30.9 Å². The second kappa shape index (κ2) is 10.5. The van der Waals surface area contributed by atoms with Crippen molar-refractivity contribution < 1.29 is 9.53 Å². The van der Waals surface area contributed by atoms with Gasteiger partial charge in [0, 0.05) is 17.5 Å². The Morgan fingerprint density at radius 3 is 2.07 bits per heavy atom. The minimum Gasteiger partial charge on any atom is -0.494 e. The van der Waals surface area contributed by atoms with Crippen LogP contribution in [0.25, 0.3) is 0 Å². The van der Waals surface area contributed by atoms with Gasteiger partial charge in [0.15, 0.2) is 0 Å². The molecule has 3 nitrogen and oxygen atoms in total. The second-order valence-electron chi connectivity index (χ2n) is 7.19. The number of hydrogen-bond acceptors (Lipinski definition) is 3. The van der Waals surface area contributed by atoms with Crippen LogP contribution >= 0.6 is 0 Å². The first kappa shape index (κ1) is 20.7. The Labute approximate surface area is 163 Å². The zero-order valence-electron chi connectivity index (χ0n) is 16.8. The van der Waals surface area contributed by atoms with Crippen LogP contribution in [0.5, 0.6) is 5.75 Å². The molecular weight excluding hydrogens is 334 g/mol. The third-order valence-electron chi connectivity index (χ3n) is 4.12. The molecule has 2 rings (SSSR count). The highest BCUT2D eigenvalue weighted by atomic mass is 16.5. The van der Waals surface area contributed by atoms with Gasteiger partial charge < -0.3 is 9.64 Å². The lowest BCUT2D eigenvalue weighted by atomic mass is 9.95. The molecule has 0 aromatic heterocycles. The van der Waals surface area contributed by atoms with Crippen molar-refractivity contribution in [2.75, 3.05) is 27.2 Å². The van der Waals surface area contributed by atoms with Gasteiger partial charge in [-0.05, 0) is 75.3 Å². The molecule has 0 saturated heterocycles. The van der Waals surface area contributed by atoms with E-state index >= 15 is 0 Å². The van der Waals surface area contributed by atoms with E-state index in [1.54, 1.807) is 0 Å². The minimum atomic E-state index is 0.297. The van der Waals surface area contributed by atoms with Crippen molar-refractivity contribution in [3.8, 4) is 17.6 Å². The summed E-state index contributed by atoms with van der Waals surface area (Å²) in [5.41, 5.74) is 3.20. The molecule has 1 atom stereocenters. The fourth-order valence-corrected chi connectivity index (χ4v) is 2.95. The maximum atomic E-state index is 11.9. The molecule has 0 aliphatic carbocycles. The predicted octanol–water partition coefficient (Wildman–Crippen LogP) is 4.18. The van der Waals surface area contributed by atoms with E-state index in [0.29, 0.717) is 31.3 Å². The molecule has 0 saturated carbocycles. The van der Waals surface area contributed by atoms with Crippen molar-refractivity contribution in [1.82, 2.24) is 4.90 Å². The topological polar surface area (TPSA) is 29.5 Å². The van der Waals surface area contributed by atoms with E-state index in [1.165, 1.54) is 5.56 Å². The van der Waals surface area contributed by atoms with Crippen molar-refractivity contribution in [1.29, 1.82) is 0 Å². The molecule has 0 bridgehead atoms. The molecule has 0 radical (unpaired) electrons. The summed E-state index contributed by atoms with van der Waals surface area (Å²) >= 11 is 0. The van der Waals surface area contributed by atoms with Crippen LogP contribution in [0.1, 0.15) is 37.0 Å². The largest absolute Gasteiger partial charge is 0.494 e. The number of rotatable bonds is 8. The summed E-state index contributed by atoms with van der Waals surface area (Å²) in [6.45, 7) is 5.29. The van der Waals surface area contributed by atoms with Gasteiger partial charge in [-0.2, -0.15) is 0 Å². The van der Waals surface area contributed by atoms with E-state index in [1.807, 2.05) is 62.3 Å². The van der Waals surface area contributed by atoms with Gasteiger partial charge in [-0.1, -0.05) is 30.9 Å². The van der Waals surface area contributed by atoms with Crippen molar-refractivity contribution >= 4 is 5.78 Å². The van der Waals surface area contributed by atoms with Crippen LogP contribution in [-0.2, 0) is 11.2 Å². The van der Waals surface area contributed by atoms with Crippen LogP contribution < -0.4 is 4.74 Å². The van der Waals surface area contributed by atoms with Gasteiger partial charge >= 0.3 is 0 Å². The number of nitrogens with zero attached hydrogens (tertiary/aromatic N) is 1. The van der Waals surface area contributed by atoms with Gasteiger partial charge in [0.1, 0.15) is 11.5 Å². The zero-order valence-corrected chi connectivity index (χ0v) is 16.8. The van der Waals surface area contributed by atoms with Crippen molar-refractivity contribution in [3.63, 3.8) is 0 Å². The quantitative estimate of drug-likeness (QED) is 0.659. The fourth-order valence-electron chi connectivity index (χ4n) is 2.95. The number of hydrogen-bond donors (Lipinski definition) is 0. The first-order chi connectivity index (χ1) is 13.0. The van der Waals surface area contributed by atoms with Crippen LogP contribution in [-0.4, -0.2) is 37.9 Å². The molecule has 2 aromatic rings. The average Bonchev–Trinajstić information content (AvgIpc) is 2.61. The lowest BCUT2D eigenvalue weighted by Gasteiger charge is -2.13. The fraction of sp³-hybridized carbons (Fsp3) is 0.375.